The Balaban J connectivity index is 1.90. The lowest BCUT2D eigenvalue weighted by Gasteiger charge is -2.26. The number of nitrogens with one attached hydrogen (secondary N) is 3. The first-order valence-electron chi connectivity index (χ1n) is 18.2. The Bertz CT molecular complexity index is 1540. The van der Waals surface area contributed by atoms with Gasteiger partial charge in [-0.25, -0.2) is 20.0 Å². The third-order valence-electron chi connectivity index (χ3n) is 8.59. The number of Topliss-reactive ketones (excluding diaryl/α,β-unsaturated/α-hetero) is 1. The molecule has 0 aliphatic carbocycles. The number of hydrazine groups is 1. The summed E-state index contributed by atoms with van der Waals surface area (Å²) in [4.78, 5) is 79.9. The molecule has 1 aromatic heterocycles. The zero-order valence-electron chi connectivity index (χ0n) is 32.3. The average Bonchev–Trinajstić information content (AvgIpc) is 3.65. The zero-order valence-corrected chi connectivity index (χ0v) is 34.8. The van der Waals surface area contributed by atoms with E-state index in [-0.39, 0.29) is 73.2 Å². The van der Waals surface area contributed by atoms with Crippen LogP contribution in [0.3, 0.4) is 0 Å². The molecule has 0 saturated carbocycles. The van der Waals surface area contributed by atoms with Crippen molar-refractivity contribution in [2.45, 2.75) is 97.6 Å². The van der Waals surface area contributed by atoms with Crippen LogP contribution in [0.4, 0.5) is 4.79 Å². The van der Waals surface area contributed by atoms with E-state index in [1.165, 1.54) is 32.9 Å². The van der Waals surface area contributed by atoms with Crippen LogP contribution in [0.1, 0.15) is 100 Å². The molecule has 5 atom stereocenters. The second-order valence-corrected chi connectivity index (χ2v) is 16.9. The van der Waals surface area contributed by atoms with Crippen LogP contribution in [0.25, 0.3) is 0 Å². The number of carboxylic acid groups (broad SMARTS) is 1. The number of phenols is 1. The highest BCUT2D eigenvalue weighted by atomic mass is 33.1. The maximum Gasteiger partial charge on any atom is 0.426 e. The number of phenolic OH excluding ortho intramolecular Hbond substituents is 1. The summed E-state index contributed by atoms with van der Waals surface area (Å²) in [5, 5.41) is 24.0. The first kappa shape index (κ1) is 47.3. The summed E-state index contributed by atoms with van der Waals surface area (Å²) in [7, 11) is 4.39. The number of ketones is 1. The monoisotopic (exact) mass is 825 g/mol. The van der Waals surface area contributed by atoms with Crippen LogP contribution < -0.4 is 16.2 Å². The molecule has 3 amide bonds. The van der Waals surface area contributed by atoms with Gasteiger partial charge in [-0.2, -0.15) is 0 Å². The first-order valence-corrected chi connectivity index (χ1v) is 21.6. The summed E-state index contributed by atoms with van der Waals surface area (Å²) in [6.45, 7) is 9.55. The second kappa shape index (κ2) is 25.3. The van der Waals surface area contributed by atoms with Crippen LogP contribution in [-0.4, -0.2) is 99.7 Å². The third kappa shape index (κ3) is 18.5. The summed E-state index contributed by atoms with van der Waals surface area (Å²) < 4.78 is 10.4. The van der Waals surface area contributed by atoms with Crippen molar-refractivity contribution in [3.63, 3.8) is 0 Å². The van der Waals surface area contributed by atoms with Crippen LogP contribution in [0, 0.1) is 11.8 Å². The number of rotatable bonds is 25. The quantitative estimate of drug-likeness (QED) is 0.0208. The van der Waals surface area contributed by atoms with Gasteiger partial charge in [0, 0.05) is 54.0 Å². The number of hydrogen-bond acceptors (Lipinski definition) is 14. The van der Waals surface area contributed by atoms with E-state index < -0.39 is 29.9 Å². The maximum absolute atomic E-state index is 13.5. The van der Waals surface area contributed by atoms with Gasteiger partial charge in [0.1, 0.15) is 30.8 Å². The summed E-state index contributed by atoms with van der Waals surface area (Å²) in [6.07, 6.45) is 2.08. The fourth-order valence-corrected chi connectivity index (χ4v) is 8.15. The maximum atomic E-state index is 13.5. The lowest BCUT2D eigenvalue weighted by Crippen LogP contribution is -2.44. The molecule has 55 heavy (non-hydrogen) atoms. The van der Waals surface area contributed by atoms with Crippen molar-refractivity contribution >= 4 is 68.6 Å². The van der Waals surface area contributed by atoms with Crippen molar-refractivity contribution in [1.29, 1.82) is 0 Å². The van der Waals surface area contributed by atoms with E-state index in [0.29, 0.717) is 30.7 Å². The van der Waals surface area contributed by atoms with Crippen LogP contribution in [-0.2, 0) is 35.1 Å². The molecule has 0 fully saturated rings. The number of ether oxygens (including phenoxy) is 2. The topological polar surface area (TPSA) is 214 Å². The van der Waals surface area contributed by atoms with Crippen molar-refractivity contribution < 1.29 is 48.5 Å². The standard InChI is InChI=1S/C37H55N5O10S3/c1-7-9-33(46)52-22-42(6)25(5)16-24(4)35-39-29(20-53-35)31(44)19-27(18-26-10-12-28(43)13-11-26)17-23(3)34(47)40-41-37(50)51-14-15-54-55-21-30(36(48)49)38-32(45)8-2/h10-13,20,23-25,27,30,43H,7-9,14-19,21-22H2,1-6H3,(H,38,45)(H,40,47)(H,41,50)(H,48,49)/t23-,24+,25-,27+,30-/m0/s1. The molecule has 0 aliphatic heterocycles. The van der Waals surface area contributed by atoms with Gasteiger partial charge in [-0.05, 0) is 63.3 Å². The van der Waals surface area contributed by atoms with Crippen molar-refractivity contribution in [3.05, 3.63) is 45.9 Å². The summed E-state index contributed by atoms with van der Waals surface area (Å²) in [5.41, 5.74) is 5.85. The number of benzene rings is 1. The van der Waals surface area contributed by atoms with Gasteiger partial charge in [-0.15, -0.1) is 11.3 Å². The molecule has 0 saturated heterocycles. The van der Waals surface area contributed by atoms with Crippen LogP contribution in [0.5, 0.6) is 5.75 Å². The van der Waals surface area contributed by atoms with E-state index >= 15 is 0 Å². The van der Waals surface area contributed by atoms with E-state index in [0.717, 1.165) is 23.4 Å². The smallest absolute Gasteiger partial charge is 0.426 e. The van der Waals surface area contributed by atoms with Gasteiger partial charge in [0.2, 0.25) is 11.8 Å². The number of amides is 3. The molecule has 0 unspecified atom stereocenters. The number of aliphatic carboxylic acids is 1. The molecule has 1 heterocycles. The Morgan fingerprint density at radius 2 is 1.69 bits per heavy atom. The Hall–Kier alpha value is -3.87. The molecule has 0 spiro atoms. The SMILES string of the molecule is CCCC(=O)OCN(C)[C@@H](C)C[C@@H](C)c1nc(C(=O)C[C@@H](Cc2ccc(O)cc2)C[C@H](C)C(=O)NNC(=O)OCCSSC[C@H](NC(=O)CC)C(=O)O)cs1. The van der Waals surface area contributed by atoms with Crippen molar-refractivity contribution in [3.8, 4) is 5.75 Å². The lowest BCUT2D eigenvalue weighted by atomic mass is 9.86. The van der Waals surface area contributed by atoms with Crippen LogP contribution in [0.15, 0.2) is 29.6 Å². The highest BCUT2D eigenvalue weighted by molar-refractivity contribution is 8.76. The molecule has 0 bridgehead atoms. The number of carbonyl (C=O) groups excluding carboxylic acids is 5. The van der Waals surface area contributed by atoms with E-state index in [1.807, 2.05) is 25.8 Å². The van der Waals surface area contributed by atoms with E-state index in [1.54, 1.807) is 43.5 Å². The Labute approximate surface area is 334 Å². The molecular formula is C37H55N5O10S3. The molecule has 5 N–H and O–H groups in total. The fraction of sp³-hybridized carbons (Fsp3) is 0.595. The molecule has 0 aliphatic rings. The van der Waals surface area contributed by atoms with Crippen LogP contribution >= 0.6 is 32.9 Å². The average molecular weight is 826 g/mol. The van der Waals surface area contributed by atoms with Gasteiger partial charge in [-0.3, -0.25) is 29.5 Å². The van der Waals surface area contributed by atoms with Gasteiger partial charge >= 0.3 is 18.0 Å². The minimum Gasteiger partial charge on any atom is -0.508 e. The number of nitrogens with zero attached hydrogens (tertiary/aromatic N) is 2. The number of aromatic hydroxyl groups is 1. The Morgan fingerprint density at radius 1 is 0.982 bits per heavy atom. The van der Waals surface area contributed by atoms with Gasteiger partial charge in [0.05, 0.1) is 5.01 Å². The van der Waals surface area contributed by atoms with E-state index in [2.05, 4.69) is 28.1 Å². The summed E-state index contributed by atoms with van der Waals surface area (Å²) in [6, 6.07) is 5.75. The highest BCUT2D eigenvalue weighted by Crippen LogP contribution is 2.28. The molecule has 15 nitrogen and oxygen atoms in total. The minimum atomic E-state index is -1.14. The normalized spacial score (nSPS) is 13.9. The van der Waals surface area contributed by atoms with Crippen LogP contribution in [0.2, 0.25) is 0 Å². The number of carboxylic acids is 1. The number of thiazole rings is 1. The molecule has 2 rings (SSSR count). The first-order chi connectivity index (χ1) is 26.1. The Morgan fingerprint density at radius 3 is 2.35 bits per heavy atom. The van der Waals surface area contributed by atoms with Crippen molar-refractivity contribution in [2.24, 2.45) is 11.8 Å². The molecule has 18 heteroatoms. The second-order valence-electron chi connectivity index (χ2n) is 13.4. The molecule has 0 radical (unpaired) electrons. The predicted octanol–water partition coefficient (Wildman–Crippen LogP) is 5.54. The number of esters is 1. The molecular weight excluding hydrogens is 771 g/mol. The summed E-state index contributed by atoms with van der Waals surface area (Å²) >= 11 is 1.42. The molecule has 306 valence electrons. The predicted molar refractivity (Wildman–Crippen MR) is 214 cm³/mol. The number of aromatic nitrogens is 1. The lowest BCUT2D eigenvalue weighted by molar-refractivity contribution is -0.148. The van der Waals surface area contributed by atoms with Gasteiger partial charge in [0.25, 0.3) is 0 Å². The van der Waals surface area contributed by atoms with Gasteiger partial charge < -0.3 is 25.0 Å². The number of carbonyl (C=O) groups is 6. The van der Waals surface area contributed by atoms with E-state index in [9.17, 15) is 39.0 Å². The zero-order chi connectivity index (χ0) is 40.9. The number of hydrogen-bond donors (Lipinski definition) is 5. The fourth-order valence-electron chi connectivity index (χ4n) is 5.28. The van der Waals surface area contributed by atoms with E-state index in [4.69, 9.17) is 9.47 Å². The highest BCUT2D eigenvalue weighted by Gasteiger charge is 2.25. The minimum absolute atomic E-state index is 0.00572. The van der Waals surface area contributed by atoms with Crippen molar-refractivity contribution in [2.75, 3.05) is 31.9 Å². The Kier molecular flexibility index (Phi) is 21.8. The van der Waals surface area contributed by atoms with Crippen molar-refractivity contribution in [1.82, 2.24) is 26.1 Å². The summed E-state index contributed by atoms with van der Waals surface area (Å²) in [5.74, 6) is -2.54. The molecule has 2 aromatic rings. The molecule has 1 aromatic carbocycles. The van der Waals surface area contributed by atoms with Gasteiger partial charge in [0.15, 0.2) is 5.78 Å². The third-order valence-corrected chi connectivity index (χ3v) is 12.0. The largest absolute Gasteiger partial charge is 0.508 e. The van der Waals surface area contributed by atoms with Gasteiger partial charge in [-0.1, -0.05) is 61.4 Å².